The van der Waals surface area contributed by atoms with Crippen LogP contribution in [0.3, 0.4) is 0 Å². The van der Waals surface area contributed by atoms with E-state index in [4.69, 9.17) is 5.26 Å². The molecule has 0 spiro atoms. The van der Waals surface area contributed by atoms with E-state index in [0.29, 0.717) is 6.42 Å². The molecule has 2 rings (SSSR count). The van der Waals surface area contributed by atoms with Gasteiger partial charge in [-0.1, -0.05) is 12.1 Å². The molecule has 0 fully saturated rings. The summed E-state index contributed by atoms with van der Waals surface area (Å²) in [5, 5.41) is 11.8. The van der Waals surface area contributed by atoms with Crippen LogP contribution in [0.4, 0.5) is 0 Å². The van der Waals surface area contributed by atoms with Crippen molar-refractivity contribution in [2.45, 2.75) is 25.8 Å². The molecule has 0 radical (unpaired) electrons. The summed E-state index contributed by atoms with van der Waals surface area (Å²) in [7, 11) is 2.04. The highest BCUT2D eigenvalue weighted by atomic mass is 15.1. The van der Waals surface area contributed by atoms with Crippen molar-refractivity contribution in [1.29, 1.82) is 5.26 Å². The zero-order valence-electron chi connectivity index (χ0n) is 10.7. The van der Waals surface area contributed by atoms with Crippen LogP contribution in [0, 0.1) is 11.3 Å². The van der Waals surface area contributed by atoms with E-state index in [1.165, 1.54) is 5.52 Å². The molecule has 0 saturated heterocycles. The number of aryl methyl sites for hydroxylation is 1. The average Bonchev–Trinajstić information content (AvgIpc) is 2.71. The summed E-state index contributed by atoms with van der Waals surface area (Å²) >= 11 is 0. The van der Waals surface area contributed by atoms with Crippen LogP contribution in [0.15, 0.2) is 24.3 Å². The monoisotopic (exact) mass is 242 g/mol. The van der Waals surface area contributed by atoms with Crippen LogP contribution in [-0.2, 0) is 13.6 Å². The lowest BCUT2D eigenvalue weighted by molar-refractivity contribution is 0.602. The fourth-order valence-corrected chi connectivity index (χ4v) is 2.01. The van der Waals surface area contributed by atoms with E-state index in [9.17, 15) is 0 Å². The molecule has 0 saturated carbocycles. The van der Waals surface area contributed by atoms with E-state index < -0.39 is 0 Å². The van der Waals surface area contributed by atoms with Crippen LogP contribution in [-0.4, -0.2) is 16.1 Å². The van der Waals surface area contributed by atoms with Gasteiger partial charge >= 0.3 is 0 Å². The molecule has 1 aromatic heterocycles. The highest BCUT2D eigenvalue weighted by Gasteiger charge is 2.05. The molecule has 0 aliphatic heterocycles. The van der Waals surface area contributed by atoms with E-state index >= 15 is 0 Å². The first-order chi connectivity index (χ1) is 8.83. The van der Waals surface area contributed by atoms with Crippen molar-refractivity contribution in [2.75, 3.05) is 6.54 Å². The molecular weight excluding hydrogens is 224 g/mol. The number of nitriles is 1. The van der Waals surface area contributed by atoms with E-state index in [1.807, 2.05) is 25.2 Å². The first-order valence-corrected chi connectivity index (χ1v) is 6.31. The number of nitrogens with one attached hydrogen (secondary N) is 1. The normalized spacial score (nSPS) is 10.7. The second kappa shape index (κ2) is 6.18. The highest BCUT2D eigenvalue weighted by molar-refractivity contribution is 5.75. The lowest BCUT2D eigenvalue weighted by atomic mass is 10.2. The van der Waals surface area contributed by atoms with Gasteiger partial charge in [-0.05, 0) is 31.5 Å². The summed E-state index contributed by atoms with van der Waals surface area (Å²) in [6, 6.07) is 10.3. The van der Waals surface area contributed by atoms with Crippen molar-refractivity contribution in [3.05, 3.63) is 30.1 Å². The van der Waals surface area contributed by atoms with Crippen LogP contribution < -0.4 is 5.32 Å². The third-order valence-corrected chi connectivity index (χ3v) is 3.06. The second-order valence-corrected chi connectivity index (χ2v) is 4.37. The Morgan fingerprint density at radius 2 is 2.17 bits per heavy atom. The Labute approximate surface area is 107 Å². The largest absolute Gasteiger partial charge is 0.330 e. The number of imidazole rings is 1. The van der Waals surface area contributed by atoms with Gasteiger partial charge in [0.05, 0.1) is 23.6 Å². The van der Waals surface area contributed by atoms with Crippen molar-refractivity contribution in [3.8, 4) is 6.07 Å². The molecule has 1 N–H and O–H groups in total. The van der Waals surface area contributed by atoms with Gasteiger partial charge in [0.1, 0.15) is 5.82 Å². The third kappa shape index (κ3) is 2.88. The Morgan fingerprint density at radius 1 is 1.33 bits per heavy atom. The lowest BCUT2D eigenvalue weighted by Crippen LogP contribution is -2.17. The fraction of sp³-hybridized carbons (Fsp3) is 0.429. The van der Waals surface area contributed by atoms with Crippen molar-refractivity contribution in [2.24, 2.45) is 7.05 Å². The highest BCUT2D eigenvalue weighted by Crippen LogP contribution is 2.13. The number of aromatic nitrogens is 2. The first-order valence-electron chi connectivity index (χ1n) is 6.31. The van der Waals surface area contributed by atoms with Gasteiger partial charge in [0, 0.05) is 13.5 Å². The summed E-state index contributed by atoms with van der Waals surface area (Å²) < 4.78 is 2.12. The van der Waals surface area contributed by atoms with Crippen LogP contribution in [0.5, 0.6) is 0 Å². The number of hydrogen-bond acceptors (Lipinski definition) is 3. The van der Waals surface area contributed by atoms with Gasteiger partial charge in [0.25, 0.3) is 0 Å². The molecule has 1 aromatic carbocycles. The Hall–Kier alpha value is -1.86. The van der Waals surface area contributed by atoms with Crippen LogP contribution in [0.2, 0.25) is 0 Å². The molecule has 2 aromatic rings. The molecule has 4 nitrogen and oxygen atoms in total. The third-order valence-electron chi connectivity index (χ3n) is 3.06. The molecular formula is C14H18N4. The van der Waals surface area contributed by atoms with Gasteiger partial charge in [-0.2, -0.15) is 5.26 Å². The van der Waals surface area contributed by atoms with Gasteiger partial charge in [0.2, 0.25) is 0 Å². The summed E-state index contributed by atoms with van der Waals surface area (Å²) in [6.45, 7) is 1.71. The minimum absolute atomic E-state index is 0.647. The van der Waals surface area contributed by atoms with E-state index in [1.54, 1.807) is 0 Å². The quantitative estimate of drug-likeness (QED) is 0.791. The average molecular weight is 242 g/mol. The van der Waals surface area contributed by atoms with Crippen molar-refractivity contribution in [1.82, 2.24) is 14.9 Å². The van der Waals surface area contributed by atoms with Gasteiger partial charge < -0.3 is 9.88 Å². The van der Waals surface area contributed by atoms with Crippen molar-refractivity contribution < 1.29 is 0 Å². The Morgan fingerprint density at radius 3 is 2.94 bits per heavy atom. The fourth-order valence-electron chi connectivity index (χ4n) is 2.01. The number of benzene rings is 1. The maximum Gasteiger partial charge on any atom is 0.123 e. The predicted octanol–water partition coefficient (Wildman–Crippen LogP) is 2.36. The number of rotatable bonds is 6. The molecule has 0 unspecified atom stereocenters. The Bertz CT molecular complexity index is 550. The molecule has 0 amide bonds. The number of hydrogen-bond donors (Lipinski definition) is 1. The van der Waals surface area contributed by atoms with Gasteiger partial charge in [-0.25, -0.2) is 4.98 Å². The molecule has 94 valence electrons. The summed E-state index contributed by atoms with van der Waals surface area (Å²) in [4.78, 5) is 4.59. The standard InChI is InChI=1S/C14H18N4/c1-18-13-8-4-3-7-12(13)17-14(18)11-16-10-6-2-5-9-15/h3-4,7-8,16H,2,5-6,10-11H2,1H3. The zero-order valence-corrected chi connectivity index (χ0v) is 10.7. The maximum atomic E-state index is 8.43. The second-order valence-electron chi connectivity index (χ2n) is 4.37. The minimum atomic E-state index is 0.647. The number of unbranched alkanes of at least 4 members (excludes halogenated alkanes) is 2. The molecule has 4 heteroatoms. The topological polar surface area (TPSA) is 53.6 Å². The molecule has 18 heavy (non-hydrogen) atoms. The van der Waals surface area contributed by atoms with Gasteiger partial charge in [-0.15, -0.1) is 0 Å². The molecule has 0 bridgehead atoms. The maximum absolute atomic E-state index is 8.43. The molecule has 0 aliphatic rings. The Kier molecular flexibility index (Phi) is 4.32. The lowest BCUT2D eigenvalue weighted by Gasteiger charge is -2.04. The smallest absolute Gasteiger partial charge is 0.123 e. The Balaban J connectivity index is 1.88. The van der Waals surface area contributed by atoms with Crippen LogP contribution >= 0.6 is 0 Å². The zero-order chi connectivity index (χ0) is 12.8. The van der Waals surface area contributed by atoms with Crippen molar-refractivity contribution >= 4 is 11.0 Å². The van der Waals surface area contributed by atoms with Gasteiger partial charge in [-0.3, -0.25) is 0 Å². The van der Waals surface area contributed by atoms with Crippen LogP contribution in [0.25, 0.3) is 11.0 Å². The van der Waals surface area contributed by atoms with Crippen molar-refractivity contribution in [3.63, 3.8) is 0 Å². The molecule has 1 heterocycles. The number of fused-ring (bicyclic) bond motifs is 1. The first kappa shape index (κ1) is 12.6. The summed E-state index contributed by atoms with van der Waals surface area (Å²) in [5.74, 6) is 1.05. The number of nitrogens with zero attached hydrogens (tertiary/aromatic N) is 3. The van der Waals surface area contributed by atoms with Crippen LogP contribution in [0.1, 0.15) is 25.1 Å². The summed E-state index contributed by atoms with van der Waals surface area (Å²) in [5.41, 5.74) is 2.21. The van der Waals surface area contributed by atoms with E-state index in [0.717, 1.165) is 37.3 Å². The SMILES string of the molecule is Cn1c(CNCCCCC#N)nc2ccccc21. The predicted molar refractivity (Wildman–Crippen MR) is 71.9 cm³/mol. The van der Waals surface area contributed by atoms with E-state index in [-0.39, 0.29) is 0 Å². The molecule has 0 atom stereocenters. The van der Waals surface area contributed by atoms with Gasteiger partial charge in [0.15, 0.2) is 0 Å². The molecule has 0 aliphatic carbocycles. The van der Waals surface area contributed by atoms with E-state index in [2.05, 4.69) is 27.0 Å². The summed E-state index contributed by atoms with van der Waals surface area (Å²) in [6.07, 6.45) is 2.65. The minimum Gasteiger partial charge on any atom is -0.330 e. The number of para-hydroxylation sites is 2.